The molecule has 1 heterocycles. The molecule has 1 amide bonds. The highest BCUT2D eigenvalue weighted by Crippen LogP contribution is 2.36. The van der Waals surface area contributed by atoms with E-state index in [-0.39, 0.29) is 5.69 Å². The van der Waals surface area contributed by atoms with E-state index in [4.69, 9.17) is 4.74 Å². The van der Waals surface area contributed by atoms with Crippen LogP contribution in [0.4, 0.5) is 45.2 Å². The smallest absolute Gasteiger partial charge is 0.454 e. The van der Waals surface area contributed by atoms with Crippen molar-refractivity contribution in [3.8, 4) is 5.75 Å². The first-order valence-electron chi connectivity index (χ1n) is 9.15. The summed E-state index contributed by atoms with van der Waals surface area (Å²) in [6.45, 7) is 0.195. The van der Waals surface area contributed by atoms with Crippen molar-refractivity contribution in [1.82, 2.24) is 10.6 Å². The number of hydrogen-bond donors (Lipinski definition) is 3. The van der Waals surface area contributed by atoms with Crippen molar-refractivity contribution in [2.24, 2.45) is 5.41 Å². The minimum Gasteiger partial charge on any atom is -0.477 e. The van der Waals surface area contributed by atoms with Crippen molar-refractivity contribution in [2.45, 2.75) is 44.3 Å². The molecular weight excluding hydrogens is 461 g/mol. The quantitative estimate of drug-likeness (QED) is 0.518. The molecule has 0 bridgehead atoms. The van der Waals surface area contributed by atoms with Crippen LogP contribution in [0.25, 0.3) is 0 Å². The minimum atomic E-state index is -5.76. The number of fused-ring (bicyclic) bond motifs is 1. The number of alkyl halides is 8. The lowest BCUT2D eigenvalue weighted by Crippen LogP contribution is -2.58. The number of ether oxygens (including phenoxy) is 1. The maximum atomic E-state index is 13.6. The Morgan fingerprint density at radius 1 is 1.00 bits per heavy atom. The van der Waals surface area contributed by atoms with Gasteiger partial charge in [-0.25, -0.2) is 4.39 Å². The first-order chi connectivity index (χ1) is 14.4. The number of hydrogen-bond acceptors (Lipinski definition) is 4. The van der Waals surface area contributed by atoms with Crippen molar-refractivity contribution < 1.29 is 49.0 Å². The third-order valence-corrected chi connectivity index (χ3v) is 4.53. The Bertz CT molecular complexity index is 825. The third kappa shape index (κ3) is 6.40. The molecular formula is C18H20F9N3O2. The highest BCUT2D eigenvalue weighted by Gasteiger charge is 2.57. The van der Waals surface area contributed by atoms with Gasteiger partial charge in [0.05, 0.1) is 12.2 Å². The average molecular weight is 481 g/mol. The number of carbonyl (C=O) groups is 1. The van der Waals surface area contributed by atoms with Crippen LogP contribution < -0.4 is 20.7 Å². The van der Waals surface area contributed by atoms with Crippen LogP contribution >= 0.6 is 0 Å². The summed E-state index contributed by atoms with van der Waals surface area (Å²) >= 11 is 0. The van der Waals surface area contributed by atoms with Gasteiger partial charge in [-0.2, -0.15) is 35.1 Å². The number of rotatable bonds is 7. The lowest BCUT2D eigenvalue weighted by molar-refractivity contribution is -0.279. The predicted molar refractivity (Wildman–Crippen MR) is 94.9 cm³/mol. The summed E-state index contributed by atoms with van der Waals surface area (Å²) in [6, 6.07) is 0.525. The first kappa shape index (κ1) is 26.0. The number of benzene rings is 1. The molecule has 0 saturated carbocycles. The summed E-state index contributed by atoms with van der Waals surface area (Å²) in [5.41, 5.74) is -1.47. The van der Waals surface area contributed by atoms with E-state index >= 15 is 0 Å². The second-order valence-corrected chi connectivity index (χ2v) is 8.04. The molecule has 0 aromatic heterocycles. The van der Waals surface area contributed by atoms with E-state index in [0.29, 0.717) is 0 Å². The Hall–Kier alpha value is -2.22. The second-order valence-electron chi connectivity index (χ2n) is 8.04. The molecule has 5 nitrogen and oxygen atoms in total. The van der Waals surface area contributed by atoms with E-state index in [1.807, 2.05) is 5.32 Å². The van der Waals surface area contributed by atoms with Gasteiger partial charge in [-0.15, -0.1) is 0 Å². The van der Waals surface area contributed by atoms with E-state index in [9.17, 15) is 44.3 Å². The first-order valence-corrected chi connectivity index (χ1v) is 9.15. The van der Waals surface area contributed by atoms with E-state index in [1.165, 1.54) is 13.8 Å². The fourth-order valence-electron chi connectivity index (χ4n) is 2.82. The van der Waals surface area contributed by atoms with E-state index in [0.717, 1.165) is 18.2 Å². The van der Waals surface area contributed by atoms with Crippen LogP contribution in [0.2, 0.25) is 0 Å². The van der Waals surface area contributed by atoms with E-state index < -0.39 is 72.9 Å². The molecule has 14 heteroatoms. The molecule has 1 aliphatic heterocycles. The topological polar surface area (TPSA) is 62.4 Å². The Morgan fingerprint density at radius 2 is 1.62 bits per heavy atom. The number of anilines is 1. The van der Waals surface area contributed by atoms with Gasteiger partial charge in [-0.1, -0.05) is 13.8 Å². The van der Waals surface area contributed by atoms with Gasteiger partial charge in [0.25, 0.3) is 0 Å². The van der Waals surface area contributed by atoms with Crippen LogP contribution in [0.15, 0.2) is 18.2 Å². The molecule has 0 radical (unpaired) electrons. The van der Waals surface area contributed by atoms with Crippen molar-refractivity contribution in [2.75, 3.05) is 25.0 Å². The zero-order chi connectivity index (χ0) is 24.5. The number of amides is 1. The van der Waals surface area contributed by atoms with Crippen molar-refractivity contribution in [3.63, 3.8) is 0 Å². The van der Waals surface area contributed by atoms with Crippen molar-refractivity contribution >= 4 is 11.6 Å². The molecule has 1 aromatic carbocycles. The summed E-state index contributed by atoms with van der Waals surface area (Å²) in [5.74, 6) is -7.43. The summed E-state index contributed by atoms with van der Waals surface area (Å²) in [7, 11) is 0. The standard InChI is InChI=1S/C18H20F9N3O2/c1-15(2,6-28-8-16(20,21)18(25,26)27)7-29-12-13(17(22,23)24)32-11-4-3-9(19)5-10(11)30-14(12)31/h3-5,12-13,28-29H,6-8H2,1-2H3,(H,30,31)/t12-,13-/m0/s1. The molecule has 2 rings (SSSR count). The van der Waals surface area contributed by atoms with Crippen LogP contribution in [0, 0.1) is 11.2 Å². The molecule has 1 aliphatic rings. The van der Waals surface area contributed by atoms with Crippen molar-refractivity contribution in [3.05, 3.63) is 24.0 Å². The third-order valence-electron chi connectivity index (χ3n) is 4.53. The van der Waals surface area contributed by atoms with Crippen LogP contribution in [-0.4, -0.2) is 56.0 Å². The highest BCUT2D eigenvalue weighted by atomic mass is 19.4. The van der Waals surface area contributed by atoms with Gasteiger partial charge >= 0.3 is 18.3 Å². The average Bonchev–Trinajstić information content (AvgIpc) is 2.74. The summed E-state index contributed by atoms with van der Waals surface area (Å²) < 4.78 is 122. The Balaban J connectivity index is 2.09. The van der Waals surface area contributed by atoms with Gasteiger partial charge in [0, 0.05) is 19.2 Å². The van der Waals surface area contributed by atoms with Crippen LogP contribution in [-0.2, 0) is 4.79 Å². The molecule has 0 saturated heterocycles. The molecule has 3 N–H and O–H groups in total. The SMILES string of the molecule is CC(C)(CNCC(F)(F)C(F)(F)F)CN[C@@H]1C(=O)Nc2cc(F)ccc2O[C@@H]1C(F)(F)F. The van der Waals surface area contributed by atoms with Crippen LogP contribution in [0.1, 0.15) is 13.8 Å². The number of halogens is 9. The van der Waals surface area contributed by atoms with Crippen LogP contribution in [0.5, 0.6) is 5.75 Å². The van der Waals surface area contributed by atoms with Gasteiger partial charge in [0.1, 0.15) is 17.6 Å². The van der Waals surface area contributed by atoms with E-state index in [1.54, 1.807) is 0 Å². The summed E-state index contributed by atoms with van der Waals surface area (Å²) in [6.07, 6.45) is -13.5. The van der Waals surface area contributed by atoms with Gasteiger partial charge in [0.2, 0.25) is 12.0 Å². The molecule has 0 spiro atoms. The molecule has 0 aliphatic carbocycles. The normalized spacial score (nSPS) is 20.3. The van der Waals surface area contributed by atoms with Gasteiger partial charge in [0.15, 0.2) is 0 Å². The Labute approximate surface area is 176 Å². The molecule has 0 fully saturated rings. The Morgan fingerprint density at radius 3 is 2.19 bits per heavy atom. The second kappa shape index (κ2) is 8.96. The fourth-order valence-corrected chi connectivity index (χ4v) is 2.82. The van der Waals surface area contributed by atoms with Gasteiger partial charge in [-0.3, -0.25) is 4.79 Å². The summed E-state index contributed by atoms with van der Waals surface area (Å²) in [4.78, 5) is 12.4. The summed E-state index contributed by atoms with van der Waals surface area (Å²) in [5, 5.41) is 6.40. The maximum absolute atomic E-state index is 13.6. The molecule has 32 heavy (non-hydrogen) atoms. The largest absolute Gasteiger partial charge is 0.477 e. The molecule has 182 valence electrons. The van der Waals surface area contributed by atoms with E-state index in [2.05, 4.69) is 10.6 Å². The lowest BCUT2D eigenvalue weighted by atomic mass is 9.92. The zero-order valence-electron chi connectivity index (χ0n) is 16.7. The fraction of sp³-hybridized carbons (Fsp3) is 0.611. The predicted octanol–water partition coefficient (Wildman–Crippen LogP) is 3.86. The lowest BCUT2D eigenvalue weighted by Gasteiger charge is -2.32. The van der Waals surface area contributed by atoms with Crippen LogP contribution in [0.3, 0.4) is 0 Å². The minimum absolute atomic E-state index is 0.316. The molecule has 0 unspecified atom stereocenters. The molecule has 2 atom stereocenters. The highest BCUT2D eigenvalue weighted by molar-refractivity contribution is 5.97. The van der Waals surface area contributed by atoms with Crippen molar-refractivity contribution in [1.29, 1.82) is 0 Å². The van der Waals surface area contributed by atoms with Gasteiger partial charge in [-0.05, 0) is 17.5 Å². The van der Waals surface area contributed by atoms with Gasteiger partial charge < -0.3 is 20.7 Å². The monoisotopic (exact) mass is 481 g/mol. The maximum Gasteiger partial charge on any atom is 0.454 e. The molecule has 1 aromatic rings. The zero-order valence-corrected chi connectivity index (χ0v) is 16.7. The number of carbonyl (C=O) groups excluding carboxylic acids is 1. The number of nitrogens with one attached hydrogen (secondary N) is 3. The Kier molecular flexibility index (Phi) is 7.29.